The summed E-state index contributed by atoms with van der Waals surface area (Å²) in [6, 6.07) is 11.1. The van der Waals surface area contributed by atoms with Crippen LogP contribution in [0.3, 0.4) is 0 Å². The third kappa shape index (κ3) is 2.35. The van der Waals surface area contributed by atoms with Crippen LogP contribution in [0.4, 0.5) is 10.1 Å². The molecule has 0 aliphatic rings. The molecule has 0 atom stereocenters. The second kappa shape index (κ2) is 4.94. The molecule has 0 aliphatic heterocycles. The van der Waals surface area contributed by atoms with E-state index in [1.54, 1.807) is 18.2 Å². The van der Waals surface area contributed by atoms with Crippen molar-refractivity contribution in [3.8, 4) is 22.8 Å². The van der Waals surface area contributed by atoms with Crippen LogP contribution < -0.4 is 5.73 Å². The zero-order valence-corrected chi connectivity index (χ0v) is 10.9. The highest BCUT2D eigenvalue weighted by atomic mass is 35.5. The van der Waals surface area contributed by atoms with E-state index in [9.17, 15) is 4.39 Å². The predicted octanol–water partition coefficient (Wildman–Crippen LogP) is 3.78. The van der Waals surface area contributed by atoms with Crippen LogP contribution in [0, 0.1) is 5.82 Å². The van der Waals surface area contributed by atoms with Gasteiger partial charge in [-0.15, -0.1) is 0 Å². The van der Waals surface area contributed by atoms with E-state index in [1.165, 1.54) is 18.2 Å². The van der Waals surface area contributed by atoms with Crippen LogP contribution in [0.1, 0.15) is 0 Å². The van der Waals surface area contributed by atoms with E-state index >= 15 is 0 Å². The molecule has 0 unspecified atom stereocenters. The molecule has 0 amide bonds. The standard InChI is InChI=1S/C14H9ClFN3O/c15-12-7-9(16)4-5-11(12)14-18-13(19-20-14)8-2-1-3-10(17)6-8/h1-7H,17H2. The molecule has 0 saturated carbocycles. The van der Waals surface area contributed by atoms with Crippen molar-refractivity contribution in [1.29, 1.82) is 0 Å². The molecule has 6 heteroatoms. The number of nitrogens with zero attached hydrogens (tertiary/aromatic N) is 2. The van der Waals surface area contributed by atoms with Gasteiger partial charge in [-0.25, -0.2) is 4.39 Å². The first-order valence-electron chi connectivity index (χ1n) is 5.78. The summed E-state index contributed by atoms with van der Waals surface area (Å²) in [5.41, 5.74) is 7.53. The Hall–Kier alpha value is -2.40. The first kappa shape index (κ1) is 12.6. The summed E-state index contributed by atoms with van der Waals surface area (Å²) in [7, 11) is 0. The summed E-state index contributed by atoms with van der Waals surface area (Å²) in [6.45, 7) is 0. The molecular weight excluding hydrogens is 281 g/mol. The van der Waals surface area contributed by atoms with E-state index in [2.05, 4.69) is 10.1 Å². The molecule has 0 aliphatic carbocycles. The maximum absolute atomic E-state index is 13.0. The molecule has 0 bridgehead atoms. The molecule has 2 aromatic carbocycles. The van der Waals surface area contributed by atoms with Gasteiger partial charge in [-0.2, -0.15) is 4.98 Å². The second-order valence-electron chi connectivity index (χ2n) is 4.17. The van der Waals surface area contributed by atoms with Crippen molar-refractivity contribution in [2.45, 2.75) is 0 Å². The normalized spacial score (nSPS) is 10.7. The summed E-state index contributed by atoms with van der Waals surface area (Å²) < 4.78 is 18.2. The van der Waals surface area contributed by atoms with E-state index in [1.807, 2.05) is 6.07 Å². The van der Waals surface area contributed by atoms with Crippen molar-refractivity contribution in [1.82, 2.24) is 10.1 Å². The largest absolute Gasteiger partial charge is 0.399 e. The van der Waals surface area contributed by atoms with Crippen LogP contribution in [0.2, 0.25) is 5.02 Å². The first-order valence-corrected chi connectivity index (χ1v) is 6.16. The lowest BCUT2D eigenvalue weighted by atomic mass is 10.2. The van der Waals surface area contributed by atoms with Crippen LogP contribution in [0.15, 0.2) is 47.0 Å². The van der Waals surface area contributed by atoms with Crippen molar-refractivity contribution < 1.29 is 8.91 Å². The number of nitrogen functional groups attached to an aromatic ring is 1. The Kier molecular flexibility index (Phi) is 3.12. The van der Waals surface area contributed by atoms with Crippen molar-refractivity contribution in [3.63, 3.8) is 0 Å². The average molecular weight is 290 g/mol. The summed E-state index contributed by atoms with van der Waals surface area (Å²) in [6.07, 6.45) is 0. The number of rotatable bonds is 2. The Bertz CT molecular complexity index is 773. The molecule has 0 fully saturated rings. The topological polar surface area (TPSA) is 64.9 Å². The molecule has 2 N–H and O–H groups in total. The predicted molar refractivity (Wildman–Crippen MR) is 74.6 cm³/mol. The minimum absolute atomic E-state index is 0.216. The minimum atomic E-state index is -0.422. The summed E-state index contributed by atoms with van der Waals surface area (Å²) in [5.74, 6) is 0.203. The van der Waals surface area contributed by atoms with Gasteiger partial charge in [0, 0.05) is 11.3 Å². The molecule has 0 spiro atoms. The fourth-order valence-corrected chi connectivity index (χ4v) is 2.04. The number of hydrogen-bond donors (Lipinski definition) is 1. The van der Waals surface area contributed by atoms with Crippen molar-refractivity contribution in [2.24, 2.45) is 0 Å². The smallest absolute Gasteiger partial charge is 0.259 e. The van der Waals surface area contributed by atoms with Gasteiger partial charge in [-0.1, -0.05) is 28.9 Å². The summed E-state index contributed by atoms with van der Waals surface area (Å²) >= 11 is 5.96. The minimum Gasteiger partial charge on any atom is -0.399 e. The van der Waals surface area contributed by atoms with Crippen molar-refractivity contribution >= 4 is 17.3 Å². The quantitative estimate of drug-likeness (QED) is 0.729. The van der Waals surface area contributed by atoms with Gasteiger partial charge >= 0.3 is 0 Å². The molecule has 3 aromatic rings. The number of halogens is 2. The molecule has 1 heterocycles. The van der Waals surface area contributed by atoms with Gasteiger partial charge in [0.1, 0.15) is 5.82 Å². The molecule has 3 rings (SSSR count). The zero-order valence-electron chi connectivity index (χ0n) is 10.2. The summed E-state index contributed by atoms with van der Waals surface area (Å²) in [4.78, 5) is 4.24. The Morgan fingerprint density at radius 2 is 2.00 bits per heavy atom. The van der Waals surface area contributed by atoms with Crippen LogP contribution in [0.5, 0.6) is 0 Å². The van der Waals surface area contributed by atoms with Crippen molar-refractivity contribution in [2.75, 3.05) is 5.73 Å². The molecule has 0 saturated heterocycles. The van der Waals surface area contributed by atoms with Crippen LogP contribution in [-0.2, 0) is 0 Å². The van der Waals surface area contributed by atoms with Crippen molar-refractivity contribution in [3.05, 3.63) is 53.3 Å². The molecule has 100 valence electrons. The first-order chi connectivity index (χ1) is 9.63. The van der Waals surface area contributed by atoms with Crippen LogP contribution in [0.25, 0.3) is 22.8 Å². The lowest BCUT2D eigenvalue weighted by Crippen LogP contribution is -1.86. The van der Waals surface area contributed by atoms with Gasteiger partial charge in [0.15, 0.2) is 0 Å². The van der Waals surface area contributed by atoms with Gasteiger partial charge in [0.05, 0.1) is 10.6 Å². The van der Waals surface area contributed by atoms with E-state index in [4.69, 9.17) is 21.9 Å². The van der Waals surface area contributed by atoms with Gasteiger partial charge in [0.25, 0.3) is 5.89 Å². The number of nitrogens with two attached hydrogens (primary N) is 1. The van der Waals surface area contributed by atoms with Crippen LogP contribution >= 0.6 is 11.6 Å². The van der Waals surface area contributed by atoms with Gasteiger partial charge in [-0.05, 0) is 30.3 Å². The lowest BCUT2D eigenvalue weighted by Gasteiger charge is -1.98. The number of aromatic nitrogens is 2. The third-order valence-corrected chi connectivity index (χ3v) is 3.05. The fourth-order valence-electron chi connectivity index (χ4n) is 1.79. The zero-order chi connectivity index (χ0) is 14.1. The molecule has 4 nitrogen and oxygen atoms in total. The lowest BCUT2D eigenvalue weighted by molar-refractivity contribution is 0.432. The van der Waals surface area contributed by atoms with Crippen LogP contribution in [-0.4, -0.2) is 10.1 Å². The SMILES string of the molecule is Nc1cccc(-c2noc(-c3ccc(F)cc3Cl)n2)c1. The number of benzene rings is 2. The Morgan fingerprint density at radius 3 is 2.75 bits per heavy atom. The molecule has 1 aromatic heterocycles. The van der Waals surface area contributed by atoms with E-state index in [-0.39, 0.29) is 10.9 Å². The van der Waals surface area contributed by atoms with Gasteiger partial charge in [0.2, 0.25) is 5.82 Å². The van der Waals surface area contributed by atoms with Gasteiger partial charge in [-0.3, -0.25) is 0 Å². The third-order valence-electron chi connectivity index (χ3n) is 2.73. The molecule has 20 heavy (non-hydrogen) atoms. The monoisotopic (exact) mass is 289 g/mol. The van der Waals surface area contributed by atoms with Gasteiger partial charge < -0.3 is 10.3 Å². The Morgan fingerprint density at radius 1 is 1.15 bits per heavy atom. The molecule has 0 radical (unpaired) electrons. The molecular formula is C14H9ClFN3O. The second-order valence-corrected chi connectivity index (χ2v) is 4.58. The van der Waals surface area contributed by atoms with E-state index in [0.29, 0.717) is 17.1 Å². The highest BCUT2D eigenvalue weighted by Crippen LogP contribution is 2.29. The maximum atomic E-state index is 13.0. The van der Waals surface area contributed by atoms with E-state index < -0.39 is 5.82 Å². The van der Waals surface area contributed by atoms with E-state index in [0.717, 1.165) is 5.56 Å². The highest BCUT2D eigenvalue weighted by Gasteiger charge is 2.14. The Balaban J connectivity index is 2.02. The Labute approximate surface area is 119 Å². The fraction of sp³-hybridized carbons (Fsp3) is 0. The number of hydrogen-bond acceptors (Lipinski definition) is 4. The average Bonchev–Trinajstić information content (AvgIpc) is 2.88. The maximum Gasteiger partial charge on any atom is 0.259 e. The summed E-state index contributed by atoms with van der Waals surface area (Å²) in [5, 5.41) is 4.09. The number of anilines is 1. The highest BCUT2D eigenvalue weighted by molar-refractivity contribution is 6.33.